The molecule has 0 bridgehead atoms. The maximum absolute atomic E-state index is 13.8. The summed E-state index contributed by atoms with van der Waals surface area (Å²) in [5.41, 5.74) is 1.65. The molecule has 0 aliphatic carbocycles. The van der Waals surface area contributed by atoms with Crippen molar-refractivity contribution in [2.45, 2.75) is 31.7 Å². The van der Waals surface area contributed by atoms with Gasteiger partial charge in [-0.1, -0.05) is 35.9 Å². The van der Waals surface area contributed by atoms with E-state index in [1.165, 1.54) is 12.1 Å². The van der Waals surface area contributed by atoms with Gasteiger partial charge in [0, 0.05) is 37.9 Å². The van der Waals surface area contributed by atoms with Crippen LogP contribution in [0.1, 0.15) is 28.7 Å². The molecule has 1 fully saturated rings. The van der Waals surface area contributed by atoms with Crippen LogP contribution in [0.3, 0.4) is 0 Å². The van der Waals surface area contributed by atoms with E-state index in [-0.39, 0.29) is 23.2 Å². The van der Waals surface area contributed by atoms with E-state index >= 15 is 0 Å². The highest BCUT2D eigenvalue weighted by Crippen LogP contribution is 2.36. The number of benzene rings is 3. The van der Waals surface area contributed by atoms with Gasteiger partial charge in [0.25, 0.3) is 0 Å². The number of likely N-dealkylation sites (tertiary alicyclic amines) is 1. The van der Waals surface area contributed by atoms with Crippen LogP contribution in [0, 0.1) is 11.3 Å². The Hall–Kier alpha value is -3.41. The highest BCUT2D eigenvalue weighted by atomic mass is 35.5. The Labute approximate surface area is 218 Å². The Morgan fingerprint density at radius 3 is 2.57 bits per heavy atom. The van der Waals surface area contributed by atoms with E-state index in [1.54, 1.807) is 24.3 Å². The van der Waals surface area contributed by atoms with Crippen molar-refractivity contribution in [3.05, 3.63) is 87.9 Å². The summed E-state index contributed by atoms with van der Waals surface area (Å²) in [5, 5.41) is 9.55. The summed E-state index contributed by atoms with van der Waals surface area (Å²) in [6.45, 7) is 3.27. The van der Waals surface area contributed by atoms with Crippen LogP contribution in [-0.4, -0.2) is 37.2 Å². The second-order valence-electron chi connectivity index (χ2n) is 9.21. The Morgan fingerprint density at radius 2 is 1.81 bits per heavy atom. The van der Waals surface area contributed by atoms with Crippen molar-refractivity contribution in [1.82, 2.24) is 4.90 Å². The molecule has 2 heterocycles. The first kappa shape index (κ1) is 25.2. The van der Waals surface area contributed by atoms with Gasteiger partial charge in [-0.2, -0.15) is 18.4 Å². The van der Waals surface area contributed by atoms with E-state index in [9.17, 15) is 18.4 Å². The fourth-order valence-electron chi connectivity index (χ4n) is 4.98. The zero-order valence-corrected chi connectivity index (χ0v) is 20.7. The van der Waals surface area contributed by atoms with Crippen molar-refractivity contribution < 1.29 is 22.6 Å². The lowest BCUT2D eigenvalue weighted by Crippen LogP contribution is -2.37. The quantitative estimate of drug-likeness (QED) is 0.377. The van der Waals surface area contributed by atoms with Crippen LogP contribution in [0.4, 0.5) is 18.9 Å². The molecule has 192 valence electrons. The molecule has 5 nitrogen and oxygen atoms in total. The molecule has 1 saturated heterocycles. The van der Waals surface area contributed by atoms with Crippen LogP contribution < -0.4 is 14.4 Å². The molecule has 0 N–H and O–H groups in total. The van der Waals surface area contributed by atoms with Gasteiger partial charge in [0.15, 0.2) is 11.5 Å². The van der Waals surface area contributed by atoms with Crippen LogP contribution in [0.5, 0.6) is 11.5 Å². The molecule has 2 aliphatic rings. The van der Waals surface area contributed by atoms with E-state index < -0.39 is 11.7 Å². The molecule has 3 aromatic rings. The molecule has 0 spiro atoms. The first-order chi connectivity index (χ1) is 17.8. The predicted octanol–water partition coefficient (Wildman–Crippen LogP) is 6.28. The van der Waals surface area contributed by atoms with Crippen molar-refractivity contribution >= 4 is 17.3 Å². The average molecular weight is 528 g/mol. The largest absolute Gasteiger partial charge is 0.486 e. The van der Waals surface area contributed by atoms with Gasteiger partial charge in [-0.15, -0.1) is 0 Å². The zero-order chi connectivity index (χ0) is 26.0. The third kappa shape index (κ3) is 5.63. The van der Waals surface area contributed by atoms with Crippen molar-refractivity contribution in [3.63, 3.8) is 0 Å². The van der Waals surface area contributed by atoms with Crippen LogP contribution in [-0.2, 0) is 19.3 Å². The number of nitriles is 1. The summed E-state index contributed by atoms with van der Waals surface area (Å²) < 4.78 is 52.6. The molecule has 5 rings (SSSR count). The molecule has 0 amide bonds. The molecule has 1 atom stereocenters. The Morgan fingerprint density at radius 1 is 1.03 bits per heavy atom. The topological polar surface area (TPSA) is 48.7 Å². The van der Waals surface area contributed by atoms with Gasteiger partial charge in [-0.25, -0.2) is 0 Å². The lowest BCUT2D eigenvalue weighted by atomic mass is 10.0. The molecule has 37 heavy (non-hydrogen) atoms. The Balaban J connectivity index is 1.39. The number of fused-ring (bicyclic) bond motifs is 1. The lowest BCUT2D eigenvalue weighted by Gasteiger charge is -2.32. The van der Waals surface area contributed by atoms with Crippen LogP contribution in [0.15, 0.2) is 60.7 Å². The SMILES string of the molecule is N#Cc1ccc(N(Cc2ccccc2C(F)(F)F)C2CCN(Cc3ccc4c(c3)OCCO4)C2)cc1Cl. The van der Waals surface area contributed by atoms with Gasteiger partial charge in [0.2, 0.25) is 0 Å². The summed E-state index contributed by atoms with van der Waals surface area (Å²) >= 11 is 6.32. The molecular formula is C28H25ClF3N3O2. The minimum absolute atomic E-state index is 0.0393. The monoisotopic (exact) mass is 527 g/mol. The van der Waals surface area contributed by atoms with Crippen LogP contribution >= 0.6 is 11.6 Å². The third-order valence-electron chi connectivity index (χ3n) is 6.77. The van der Waals surface area contributed by atoms with E-state index in [0.717, 1.165) is 36.1 Å². The number of rotatable bonds is 6. The number of nitrogens with zero attached hydrogens (tertiary/aromatic N) is 3. The second-order valence-corrected chi connectivity index (χ2v) is 9.62. The lowest BCUT2D eigenvalue weighted by molar-refractivity contribution is -0.138. The first-order valence-electron chi connectivity index (χ1n) is 12.0. The van der Waals surface area contributed by atoms with Gasteiger partial charge in [-0.3, -0.25) is 4.90 Å². The van der Waals surface area contributed by atoms with Crippen LogP contribution in [0.2, 0.25) is 5.02 Å². The van der Waals surface area contributed by atoms with Gasteiger partial charge in [-0.05, 0) is 53.9 Å². The maximum atomic E-state index is 13.8. The molecule has 3 aromatic carbocycles. The summed E-state index contributed by atoms with van der Waals surface area (Å²) in [4.78, 5) is 4.26. The number of halogens is 4. The van der Waals surface area contributed by atoms with Gasteiger partial charge < -0.3 is 14.4 Å². The molecule has 0 aromatic heterocycles. The highest BCUT2D eigenvalue weighted by Gasteiger charge is 2.35. The fourth-order valence-corrected chi connectivity index (χ4v) is 5.19. The summed E-state index contributed by atoms with van der Waals surface area (Å²) in [7, 11) is 0. The standard InChI is InChI=1S/C28H25ClF3N3O2/c29-25-14-22(7-6-20(25)15-33)35(17-21-3-1-2-4-24(21)28(30,31)32)23-9-10-34(18-23)16-19-5-8-26-27(13-19)37-12-11-36-26/h1-8,13-14,23H,9-12,16-18H2. The highest BCUT2D eigenvalue weighted by molar-refractivity contribution is 6.32. The molecule has 0 saturated carbocycles. The minimum atomic E-state index is -4.45. The number of alkyl halides is 3. The molecule has 1 unspecified atom stereocenters. The summed E-state index contributed by atoms with van der Waals surface area (Å²) in [6, 6.07) is 18.6. The molecule has 2 aliphatic heterocycles. The van der Waals surface area contributed by atoms with Gasteiger partial charge in [0.05, 0.1) is 16.1 Å². The average Bonchev–Trinajstić information content (AvgIpc) is 3.35. The van der Waals surface area contributed by atoms with Crippen molar-refractivity contribution in [1.29, 1.82) is 5.26 Å². The van der Waals surface area contributed by atoms with E-state index in [1.807, 2.05) is 29.2 Å². The van der Waals surface area contributed by atoms with Gasteiger partial charge in [0.1, 0.15) is 19.3 Å². The number of anilines is 1. The minimum Gasteiger partial charge on any atom is -0.486 e. The second kappa shape index (κ2) is 10.5. The maximum Gasteiger partial charge on any atom is 0.416 e. The normalized spacial score (nSPS) is 17.4. The summed E-state index contributed by atoms with van der Waals surface area (Å²) in [6.07, 6.45) is -3.68. The molecule has 0 radical (unpaired) electrons. The van der Waals surface area contributed by atoms with Gasteiger partial charge >= 0.3 is 6.18 Å². The first-order valence-corrected chi connectivity index (χ1v) is 12.4. The van der Waals surface area contributed by atoms with Crippen LogP contribution in [0.25, 0.3) is 0 Å². The van der Waals surface area contributed by atoms with Crippen molar-refractivity contribution in [2.75, 3.05) is 31.2 Å². The number of hydrogen-bond acceptors (Lipinski definition) is 5. The smallest absolute Gasteiger partial charge is 0.416 e. The molecular weight excluding hydrogens is 503 g/mol. The predicted molar refractivity (Wildman–Crippen MR) is 135 cm³/mol. The van der Waals surface area contributed by atoms with E-state index in [4.69, 9.17) is 21.1 Å². The van der Waals surface area contributed by atoms with E-state index in [2.05, 4.69) is 4.90 Å². The summed E-state index contributed by atoms with van der Waals surface area (Å²) in [5.74, 6) is 1.47. The zero-order valence-electron chi connectivity index (χ0n) is 20.0. The van der Waals surface area contributed by atoms with Crippen molar-refractivity contribution in [3.8, 4) is 17.6 Å². The van der Waals surface area contributed by atoms with E-state index in [0.29, 0.717) is 37.6 Å². The third-order valence-corrected chi connectivity index (χ3v) is 7.08. The fraction of sp³-hybridized carbons (Fsp3) is 0.321. The Bertz CT molecular complexity index is 1320. The molecule has 9 heteroatoms. The number of ether oxygens (including phenoxy) is 2. The Kier molecular flexibility index (Phi) is 7.18. The van der Waals surface area contributed by atoms with Crippen molar-refractivity contribution in [2.24, 2.45) is 0 Å². The number of hydrogen-bond donors (Lipinski definition) is 0.